The van der Waals surface area contributed by atoms with Gasteiger partial charge in [0.05, 0.1) is 12.5 Å². The van der Waals surface area contributed by atoms with Gasteiger partial charge in [-0.15, -0.1) is 0 Å². The minimum atomic E-state index is -0.654. The Labute approximate surface area is 100 Å². The van der Waals surface area contributed by atoms with Crippen LogP contribution in [-0.2, 0) is 14.3 Å². The molecule has 1 aliphatic carbocycles. The number of carbonyl (C=O) groups is 2. The van der Waals surface area contributed by atoms with Crippen molar-refractivity contribution in [1.82, 2.24) is 0 Å². The molecule has 0 aliphatic heterocycles. The van der Waals surface area contributed by atoms with Gasteiger partial charge >= 0.3 is 5.97 Å². The number of hydrogen-bond acceptors (Lipinski definition) is 4. The third-order valence-corrected chi connectivity index (χ3v) is 2.87. The molecule has 1 amide bonds. The Kier molecular flexibility index (Phi) is 4.70. The lowest BCUT2D eigenvalue weighted by Crippen LogP contribution is -2.29. The van der Waals surface area contributed by atoms with Crippen LogP contribution in [0.5, 0.6) is 0 Å². The number of ether oxygens (including phenoxy) is 1. The van der Waals surface area contributed by atoms with Gasteiger partial charge in [0, 0.05) is 0 Å². The minimum Gasteiger partial charge on any atom is -0.462 e. The molecule has 1 aliphatic rings. The number of esters is 1. The molecule has 0 saturated heterocycles. The van der Waals surface area contributed by atoms with Crippen LogP contribution in [0, 0.1) is 17.2 Å². The second-order valence-corrected chi connectivity index (χ2v) is 3.93. The Morgan fingerprint density at radius 3 is 2.76 bits per heavy atom. The summed E-state index contributed by atoms with van der Waals surface area (Å²) in [5.41, 5.74) is 5.79. The van der Waals surface area contributed by atoms with Crippen molar-refractivity contribution in [2.75, 3.05) is 6.61 Å². The van der Waals surface area contributed by atoms with E-state index in [1.165, 1.54) is 0 Å². The third-order valence-electron chi connectivity index (χ3n) is 2.87. The van der Waals surface area contributed by atoms with Gasteiger partial charge in [-0.25, -0.2) is 4.79 Å². The molecule has 1 unspecified atom stereocenters. The fourth-order valence-electron chi connectivity index (χ4n) is 2.08. The Morgan fingerprint density at radius 1 is 1.53 bits per heavy atom. The van der Waals surface area contributed by atoms with E-state index in [0.29, 0.717) is 18.4 Å². The fraction of sp³-hybridized carbons (Fsp3) is 0.583. The highest BCUT2D eigenvalue weighted by molar-refractivity contribution is 5.95. The number of carbonyl (C=O) groups excluding carboxylic acids is 2. The van der Waals surface area contributed by atoms with Crippen LogP contribution in [-0.4, -0.2) is 18.5 Å². The molecule has 5 heteroatoms. The quantitative estimate of drug-likeness (QED) is 0.450. The largest absolute Gasteiger partial charge is 0.462 e. The summed E-state index contributed by atoms with van der Waals surface area (Å²) in [5.74, 6) is -1.63. The predicted octanol–water partition coefficient (Wildman–Crippen LogP) is 1.05. The van der Waals surface area contributed by atoms with Crippen LogP contribution >= 0.6 is 0 Å². The molecule has 0 aromatic rings. The van der Waals surface area contributed by atoms with E-state index in [9.17, 15) is 9.59 Å². The lowest BCUT2D eigenvalue weighted by Gasteiger charge is -2.23. The smallest absolute Gasteiger partial charge is 0.348 e. The molecule has 17 heavy (non-hydrogen) atoms. The zero-order valence-electron chi connectivity index (χ0n) is 9.86. The predicted molar refractivity (Wildman–Crippen MR) is 60.4 cm³/mol. The summed E-state index contributed by atoms with van der Waals surface area (Å²) in [6.07, 6.45) is 2.92. The van der Waals surface area contributed by atoms with Crippen LogP contribution in [0.4, 0.5) is 0 Å². The normalized spacial score (nSPS) is 22.5. The van der Waals surface area contributed by atoms with E-state index in [0.717, 1.165) is 12.8 Å². The molecule has 0 bridgehead atoms. The van der Waals surface area contributed by atoms with Gasteiger partial charge in [-0.1, -0.05) is 6.42 Å². The van der Waals surface area contributed by atoms with Gasteiger partial charge in [0.25, 0.3) is 0 Å². The Hall–Kier alpha value is -1.83. The van der Waals surface area contributed by atoms with E-state index in [1.54, 1.807) is 6.92 Å². The third kappa shape index (κ3) is 3.06. The van der Waals surface area contributed by atoms with Crippen molar-refractivity contribution in [3.8, 4) is 6.07 Å². The summed E-state index contributed by atoms with van der Waals surface area (Å²) in [6.45, 7) is 1.88. The van der Waals surface area contributed by atoms with Crippen LogP contribution in [0.25, 0.3) is 0 Å². The van der Waals surface area contributed by atoms with Crippen LogP contribution in [0.3, 0.4) is 0 Å². The van der Waals surface area contributed by atoms with E-state index >= 15 is 0 Å². The highest BCUT2D eigenvalue weighted by Crippen LogP contribution is 2.31. The molecule has 0 aromatic carbocycles. The zero-order valence-corrected chi connectivity index (χ0v) is 9.86. The molecule has 5 nitrogen and oxygen atoms in total. The molecule has 1 rings (SSSR count). The van der Waals surface area contributed by atoms with Gasteiger partial charge in [-0.05, 0) is 31.8 Å². The minimum absolute atomic E-state index is 0.0460. The van der Waals surface area contributed by atoms with Crippen molar-refractivity contribution in [2.45, 2.75) is 32.6 Å². The van der Waals surface area contributed by atoms with Gasteiger partial charge in [0.2, 0.25) is 5.91 Å². The first kappa shape index (κ1) is 13.2. The second kappa shape index (κ2) is 6.04. The number of hydrogen-bond donors (Lipinski definition) is 1. The number of nitrogens with zero attached hydrogens (tertiary/aromatic N) is 1. The van der Waals surface area contributed by atoms with E-state index in [1.807, 2.05) is 6.07 Å². The molecular weight excluding hydrogens is 220 g/mol. The molecule has 0 heterocycles. The summed E-state index contributed by atoms with van der Waals surface area (Å²) in [6, 6.07) is 1.84. The first-order valence-corrected chi connectivity index (χ1v) is 5.71. The van der Waals surface area contributed by atoms with Crippen LogP contribution < -0.4 is 5.73 Å². The maximum atomic E-state index is 11.6. The van der Waals surface area contributed by atoms with Crippen molar-refractivity contribution in [3.63, 3.8) is 0 Å². The lowest BCUT2D eigenvalue weighted by molar-refractivity contribution is -0.138. The second-order valence-electron chi connectivity index (χ2n) is 3.93. The van der Waals surface area contributed by atoms with Crippen molar-refractivity contribution in [1.29, 1.82) is 5.26 Å². The summed E-state index contributed by atoms with van der Waals surface area (Å²) >= 11 is 0. The van der Waals surface area contributed by atoms with Crippen molar-refractivity contribution in [2.24, 2.45) is 11.7 Å². The van der Waals surface area contributed by atoms with E-state index in [-0.39, 0.29) is 12.2 Å². The SMILES string of the molecule is CCOC(=O)/C(C#N)=C1\CCCCC1C(N)=O. The average Bonchev–Trinajstić information content (AvgIpc) is 2.31. The molecular formula is C12H16N2O3. The summed E-state index contributed by atoms with van der Waals surface area (Å²) in [5, 5.41) is 9.01. The van der Waals surface area contributed by atoms with Crippen LogP contribution in [0.15, 0.2) is 11.1 Å². The topological polar surface area (TPSA) is 93.2 Å². The Morgan fingerprint density at radius 2 is 2.24 bits per heavy atom. The maximum absolute atomic E-state index is 11.6. The molecule has 0 aromatic heterocycles. The van der Waals surface area contributed by atoms with E-state index < -0.39 is 17.8 Å². The average molecular weight is 236 g/mol. The molecule has 1 atom stereocenters. The Balaban J connectivity index is 3.07. The van der Waals surface area contributed by atoms with Gasteiger partial charge < -0.3 is 10.5 Å². The van der Waals surface area contributed by atoms with Crippen LogP contribution in [0.2, 0.25) is 0 Å². The standard InChI is InChI=1S/C12H16N2O3/c1-2-17-12(16)10(7-13)8-5-3-4-6-9(8)11(14)15/h9H,2-6H2,1H3,(H2,14,15)/b10-8+. The van der Waals surface area contributed by atoms with E-state index in [2.05, 4.69) is 0 Å². The highest BCUT2D eigenvalue weighted by atomic mass is 16.5. The number of nitriles is 1. The molecule has 92 valence electrons. The van der Waals surface area contributed by atoms with Gasteiger partial charge in [0.15, 0.2) is 0 Å². The molecule has 0 spiro atoms. The molecule has 2 N–H and O–H groups in total. The Bertz CT molecular complexity index is 393. The number of nitrogens with two attached hydrogens (primary N) is 1. The highest BCUT2D eigenvalue weighted by Gasteiger charge is 2.29. The fourth-order valence-corrected chi connectivity index (χ4v) is 2.08. The number of amides is 1. The number of rotatable bonds is 3. The molecule has 1 fully saturated rings. The van der Waals surface area contributed by atoms with E-state index in [4.69, 9.17) is 15.7 Å². The lowest BCUT2D eigenvalue weighted by atomic mass is 9.81. The summed E-state index contributed by atoms with van der Waals surface area (Å²) in [4.78, 5) is 22.9. The van der Waals surface area contributed by atoms with Crippen LogP contribution in [0.1, 0.15) is 32.6 Å². The summed E-state index contributed by atoms with van der Waals surface area (Å²) in [7, 11) is 0. The van der Waals surface area contributed by atoms with Gasteiger partial charge in [0.1, 0.15) is 11.6 Å². The first-order valence-electron chi connectivity index (χ1n) is 5.71. The monoisotopic (exact) mass is 236 g/mol. The first-order chi connectivity index (χ1) is 8.11. The van der Waals surface area contributed by atoms with Gasteiger partial charge in [-0.2, -0.15) is 5.26 Å². The molecule has 1 saturated carbocycles. The van der Waals surface area contributed by atoms with Crippen molar-refractivity contribution >= 4 is 11.9 Å². The maximum Gasteiger partial charge on any atom is 0.348 e. The van der Waals surface area contributed by atoms with Crippen molar-refractivity contribution < 1.29 is 14.3 Å². The summed E-state index contributed by atoms with van der Waals surface area (Å²) < 4.78 is 4.80. The number of primary amides is 1. The van der Waals surface area contributed by atoms with Gasteiger partial charge in [-0.3, -0.25) is 4.79 Å². The molecule has 0 radical (unpaired) electrons. The zero-order chi connectivity index (χ0) is 12.8. The van der Waals surface area contributed by atoms with Crippen molar-refractivity contribution in [3.05, 3.63) is 11.1 Å².